The Morgan fingerprint density at radius 2 is 2.08 bits per heavy atom. The van der Waals surface area contributed by atoms with Gasteiger partial charge < -0.3 is 0 Å². The van der Waals surface area contributed by atoms with Crippen LogP contribution in [0.15, 0.2) is 18.5 Å². The molecular formula is C7H3I2N3. The van der Waals surface area contributed by atoms with E-state index in [-0.39, 0.29) is 0 Å². The lowest BCUT2D eigenvalue weighted by Crippen LogP contribution is -1.91. The maximum absolute atomic E-state index is 4.23. The number of hydrogen-bond donors (Lipinski definition) is 0. The van der Waals surface area contributed by atoms with Crippen molar-refractivity contribution in [3.05, 3.63) is 25.6 Å². The quantitative estimate of drug-likeness (QED) is 0.656. The molecule has 0 spiro atoms. The molecule has 5 heteroatoms. The van der Waals surface area contributed by atoms with E-state index in [0.717, 1.165) is 18.2 Å². The van der Waals surface area contributed by atoms with E-state index < -0.39 is 0 Å². The molecule has 0 amide bonds. The smallest absolute Gasteiger partial charge is 0.126 e. The normalized spacial score (nSPS) is 10.5. The number of hydrogen-bond acceptors (Lipinski definition) is 3. The summed E-state index contributed by atoms with van der Waals surface area (Å²) in [6, 6.07) is 1.86. The summed E-state index contributed by atoms with van der Waals surface area (Å²) in [5.74, 6) is 0. The average Bonchev–Trinajstić information content (AvgIpc) is 2.12. The van der Waals surface area contributed by atoms with Crippen LogP contribution in [-0.4, -0.2) is 15.2 Å². The van der Waals surface area contributed by atoms with E-state index in [0.29, 0.717) is 0 Å². The molecule has 3 nitrogen and oxygen atoms in total. The van der Waals surface area contributed by atoms with Crippen LogP contribution in [0.3, 0.4) is 0 Å². The van der Waals surface area contributed by atoms with Crippen molar-refractivity contribution in [1.82, 2.24) is 15.2 Å². The Morgan fingerprint density at radius 1 is 1.25 bits per heavy atom. The van der Waals surface area contributed by atoms with E-state index in [1.54, 1.807) is 6.20 Å². The molecule has 0 atom stereocenters. The van der Waals surface area contributed by atoms with Crippen LogP contribution >= 0.6 is 45.2 Å². The summed E-state index contributed by atoms with van der Waals surface area (Å²) in [7, 11) is 0. The van der Waals surface area contributed by atoms with Gasteiger partial charge in [-0.2, -0.15) is 5.10 Å². The van der Waals surface area contributed by atoms with Gasteiger partial charge in [-0.25, -0.2) is 0 Å². The second-order valence-electron chi connectivity index (χ2n) is 2.19. The van der Waals surface area contributed by atoms with Crippen LogP contribution in [0.1, 0.15) is 0 Å². The zero-order valence-corrected chi connectivity index (χ0v) is 10.1. The predicted octanol–water partition coefficient (Wildman–Crippen LogP) is 2.23. The number of rotatable bonds is 0. The summed E-state index contributed by atoms with van der Waals surface area (Å²) in [4.78, 5) is 4.23. The van der Waals surface area contributed by atoms with Gasteiger partial charge in [-0.3, -0.25) is 4.98 Å². The molecule has 0 saturated carbocycles. The lowest BCUT2D eigenvalue weighted by atomic mass is 10.3. The van der Waals surface area contributed by atoms with Gasteiger partial charge in [0.15, 0.2) is 0 Å². The van der Waals surface area contributed by atoms with Crippen molar-refractivity contribution in [2.24, 2.45) is 0 Å². The third-order valence-electron chi connectivity index (χ3n) is 1.43. The van der Waals surface area contributed by atoms with Crippen molar-refractivity contribution in [2.75, 3.05) is 0 Å². The number of fused-ring (bicyclic) bond motifs is 1. The average molecular weight is 383 g/mol. The van der Waals surface area contributed by atoms with Crippen LogP contribution in [0.5, 0.6) is 0 Å². The molecule has 12 heavy (non-hydrogen) atoms. The largest absolute Gasteiger partial charge is 0.253 e. The fourth-order valence-corrected chi connectivity index (χ4v) is 1.80. The molecule has 2 heterocycles. The van der Waals surface area contributed by atoms with E-state index in [2.05, 4.69) is 60.4 Å². The number of aromatic nitrogens is 3. The van der Waals surface area contributed by atoms with E-state index >= 15 is 0 Å². The Kier molecular flexibility index (Phi) is 2.40. The van der Waals surface area contributed by atoms with E-state index in [1.807, 2.05) is 12.3 Å². The maximum Gasteiger partial charge on any atom is 0.126 e. The first kappa shape index (κ1) is 8.54. The third-order valence-corrected chi connectivity index (χ3v) is 4.38. The third kappa shape index (κ3) is 1.39. The first-order valence-electron chi connectivity index (χ1n) is 3.20. The highest BCUT2D eigenvalue weighted by molar-refractivity contribution is 14.1. The lowest BCUT2D eigenvalue weighted by Gasteiger charge is -1.98. The molecule has 2 aromatic heterocycles. The highest BCUT2D eigenvalue weighted by Gasteiger charge is 2.03. The van der Waals surface area contributed by atoms with Gasteiger partial charge in [-0.05, 0) is 51.2 Å². The summed E-state index contributed by atoms with van der Waals surface area (Å²) >= 11 is 4.49. The van der Waals surface area contributed by atoms with Crippen LogP contribution in [0.2, 0.25) is 0 Å². The summed E-state index contributed by atoms with van der Waals surface area (Å²) < 4.78 is 2.23. The maximum atomic E-state index is 4.23. The SMILES string of the molecule is Ic1cnc2ccnnc2c1I. The minimum Gasteiger partial charge on any atom is -0.253 e. The van der Waals surface area contributed by atoms with Crippen molar-refractivity contribution in [1.29, 1.82) is 0 Å². The minimum absolute atomic E-state index is 0.880. The first-order chi connectivity index (χ1) is 5.79. The highest BCUT2D eigenvalue weighted by atomic mass is 127. The Balaban J connectivity index is 2.91. The first-order valence-corrected chi connectivity index (χ1v) is 5.36. The van der Waals surface area contributed by atoms with E-state index in [4.69, 9.17) is 0 Å². The van der Waals surface area contributed by atoms with Crippen LogP contribution < -0.4 is 0 Å². The standard InChI is InChI=1S/C7H3I2N3/c8-4-3-10-5-1-2-11-12-7(5)6(4)9/h1-3H. The number of halogens is 2. The van der Waals surface area contributed by atoms with Crippen molar-refractivity contribution >= 4 is 56.2 Å². The molecule has 60 valence electrons. The Morgan fingerprint density at radius 3 is 2.92 bits per heavy atom. The molecule has 0 radical (unpaired) electrons. The zero-order valence-electron chi connectivity index (χ0n) is 5.83. The second-order valence-corrected chi connectivity index (χ2v) is 4.43. The molecule has 0 aromatic carbocycles. The van der Waals surface area contributed by atoms with Gasteiger partial charge in [0.05, 0.1) is 15.3 Å². The van der Waals surface area contributed by atoms with Crippen LogP contribution in [0, 0.1) is 7.14 Å². The van der Waals surface area contributed by atoms with Crippen LogP contribution in [0.25, 0.3) is 11.0 Å². The number of pyridine rings is 1. The van der Waals surface area contributed by atoms with Gasteiger partial charge in [-0.15, -0.1) is 5.10 Å². The van der Waals surface area contributed by atoms with E-state index in [9.17, 15) is 0 Å². The topological polar surface area (TPSA) is 38.7 Å². The van der Waals surface area contributed by atoms with Crippen molar-refractivity contribution in [3.8, 4) is 0 Å². The predicted molar refractivity (Wildman–Crippen MR) is 62.8 cm³/mol. The zero-order chi connectivity index (χ0) is 8.55. The monoisotopic (exact) mass is 383 g/mol. The van der Waals surface area contributed by atoms with Crippen molar-refractivity contribution in [2.45, 2.75) is 0 Å². The lowest BCUT2D eigenvalue weighted by molar-refractivity contribution is 1.06. The van der Waals surface area contributed by atoms with Crippen LogP contribution in [0.4, 0.5) is 0 Å². The molecule has 0 aliphatic heterocycles. The molecule has 0 aliphatic rings. The van der Waals surface area contributed by atoms with Gasteiger partial charge in [0.1, 0.15) is 5.52 Å². The molecule has 2 rings (SSSR count). The van der Waals surface area contributed by atoms with Gasteiger partial charge >= 0.3 is 0 Å². The minimum atomic E-state index is 0.880. The Labute approximate surface area is 96.3 Å². The summed E-state index contributed by atoms with van der Waals surface area (Å²) in [6.07, 6.45) is 3.49. The molecule has 0 bridgehead atoms. The van der Waals surface area contributed by atoms with Gasteiger partial charge in [0.2, 0.25) is 0 Å². The Bertz CT molecular complexity index is 430. The van der Waals surface area contributed by atoms with Gasteiger partial charge in [-0.1, -0.05) is 0 Å². The molecular weight excluding hydrogens is 380 g/mol. The summed E-state index contributed by atoms with van der Waals surface area (Å²) in [6.45, 7) is 0. The number of nitrogens with zero attached hydrogens (tertiary/aromatic N) is 3. The fourth-order valence-electron chi connectivity index (χ4n) is 0.882. The highest BCUT2D eigenvalue weighted by Crippen LogP contribution is 2.20. The van der Waals surface area contributed by atoms with E-state index in [1.165, 1.54) is 0 Å². The van der Waals surface area contributed by atoms with Gasteiger partial charge in [0, 0.05) is 9.77 Å². The second kappa shape index (κ2) is 3.36. The molecule has 0 unspecified atom stereocenters. The summed E-state index contributed by atoms with van der Waals surface area (Å²) in [5, 5.41) is 7.83. The molecule has 0 fully saturated rings. The summed E-state index contributed by atoms with van der Waals surface area (Å²) in [5.41, 5.74) is 1.78. The molecule has 0 saturated heterocycles. The Hall–Kier alpha value is -0.0500. The molecule has 0 N–H and O–H groups in total. The van der Waals surface area contributed by atoms with Crippen LogP contribution in [-0.2, 0) is 0 Å². The molecule has 0 aliphatic carbocycles. The fraction of sp³-hybridized carbons (Fsp3) is 0. The van der Waals surface area contributed by atoms with Crippen molar-refractivity contribution in [3.63, 3.8) is 0 Å². The van der Waals surface area contributed by atoms with Gasteiger partial charge in [0.25, 0.3) is 0 Å². The molecule has 2 aromatic rings. The van der Waals surface area contributed by atoms with Crippen molar-refractivity contribution < 1.29 is 0 Å².